The van der Waals surface area contributed by atoms with Gasteiger partial charge in [-0.3, -0.25) is 0 Å². The zero-order valence-electron chi connectivity index (χ0n) is 12.4. The number of nitrogens with zero attached hydrogens (tertiary/aromatic N) is 1. The van der Waals surface area contributed by atoms with E-state index in [0.717, 1.165) is 19.3 Å². The van der Waals surface area contributed by atoms with Crippen LogP contribution in [0.25, 0.3) is 0 Å². The lowest BCUT2D eigenvalue weighted by Gasteiger charge is -2.22. The SMILES string of the molecule is CNc1ncc(S(=O)(=O)NC2CCCCCC2C)cc1Cl. The van der Waals surface area contributed by atoms with Crippen LogP contribution in [0.5, 0.6) is 0 Å². The quantitative estimate of drug-likeness (QED) is 0.832. The van der Waals surface area contributed by atoms with Crippen molar-refractivity contribution in [2.75, 3.05) is 12.4 Å². The van der Waals surface area contributed by atoms with Crippen LogP contribution < -0.4 is 10.0 Å². The minimum atomic E-state index is -3.58. The minimum absolute atomic E-state index is 0.0137. The summed E-state index contributed by atoms with van der Waals surface area (Å²) in [6.07, 6.45) is 6.69. The molecule has 0 saturated heterocycles. The van der Waals surface area contributed by atoms with Crippen molar-refractivity contribution in [1.29, 1.82) is 0 Å². The van der Waals surface area contributed by atoms with Gasteiger partial charge >= 0.3 is 0 Å². The third-order valence-corrected chi connectivity index (χ3v) is 5.78. The number of halogens is 1. The lowest BCUT2D eigenvalue weighted by Crippen LogP contribution is -2.38. The molecule has 2 rings (SSSR count). The van der Waals surface area contributed by atoms with Crippen LogP contribution in [0.1, 0.15) is 39.0 Å². The Kier molecular flexibility index (Phi) is 5.46. The van der Waals surface area contributed by atoms with E-state index in [4.69, 9.17) is 11.6 Å². The lowest BCUT2D eigenvalue weighted by atomic mass is 9.98. The van der Waals surface area contributed by atoms with Gasteiger partial charge in [-0.05, 0) is 24.8 Å². The number of sulfonamides is 1. The molecule has 118 valence electrons. The summed E-state index contributed by atoms with van der Waals surface area (Å²) in [6, 6.07) is 1.42. The van der Waals surface area contributed by atoms with Crippen molar-refractivity contribution in [2.45, 2.75) is 50.0 Å². The number of aromatic nitrogens is 1. The number of anilines is 1. The molecule has 5 nitrogen and oxygen atoms in total. The summed E-state index contributed by atoms with van der Waals surface area (Å²) in [5, 5.41) is 3.11. The van der Waals surface area contributed by atoms with E-state index in [-0.39, 0.29) is 10.9 Å². The smallest absolute Gasteiger partial charge is 0.242 e. The predicted octanol–water partition coefficient (Wildman–Crippen LogP) is 3.02. The molecule has 1 heterocycles. The molecule has 2 N–H and O–H groups in total. The largest absolute Gasteiger partial charge is 0.372 e. The number of hydrogen-bond donors (Lipinski definition) is 2. The highest BCUT2D eigenvalue weighted by atomic mass is 35.5. The van der Waals surface area contributed by atoms with Gasteiger partial charge in [-0.25, -0.2) is 18.1 Å². The average molecular weight is 332 g/mol. The third kappa shape index (κ3) is 4.08. The Labute approximate surface area is 131 Å². The number of rotatable bonds is 4. The maximum Gasteiger partial charge on any atom is 0.242 e. The molecule has 1 saturated carbocycles. The zero-order chi connectivity index (χ0) is 15.5. The van der Waals surface area contributed by atoms with Crippen molar-refractivity contribution in [2.24, 2.45) is 5.92 Å². The first kappa shape index (κ1) is 16.5. The molecule has 1 aliphatic carbocycles. The van der Waals surface area contributed by atoms with Gasteiger partial charge in [0, 0.05) is 19.3 Å². The number of hydrogen-bond acceptors (Lipinski definition) is 4. The van der Waals surface area contributed by atoms with Gasteiger partial charge in [0.15, 0.2) is 0 Å². The van der Waals surface area contributed by atoms with Crippen molar-refractivity contribution < 1.29 is 8.42 Å². The average Bonchev–Trinajstić information content (AvgIpc) is 2.64. The van der Waals surface area contributed by atoms with Crippen LogP contribution >= 0.6 is 11.6 Å². The van der Waals surface area contributed by atoms with E-state index in [1.165, 1.54) is 25.1 Å². The maximum absolute atomic E-state index is 12.5. The van der Waals surface area contributed by atoms with Gasteiger partial charge in [0.1, 0.15) is 10.7 Å². The molecule has 0 aromatic carbocycles. The highest BCUT2D eigenvalue weighted by molar-refractivity contribution is 7.89. The normalized spacial score (nSPS) is 23.6. The highest BCUT2D eigenvalue weighted by Crippen LogP contribution is 2.26. The fourth-order valence-electron chi connectivity index (χ4n) is 2.69. The molecule has 1 aromatic rings. The zero-order valence-corrected chi connectivity index (χ0v) is 14.0. The van der Waals surface area contributed by atoms with Crippen LogP contribution in [0.2, 0.25) is 5.02 Å². The van der Waals surface area contributed by atoms with Gasteiger partial charge in [0.05, 0.1) is 5.02 Å². The second-order valence-electron chi connectivity index (χ2n) is 5.59. The van der Waals surface area contributed by atoms with Crippen molar-refractivity contribution >= 4 is 27.4 Å². The molecule has 7 heteroatoms. The number of nitrogens with one attached hydrogen (secondary N) is 2. The van der Waals surface area contributed by atoms with Gasteiger partial charge in [-0.15, -0.1) is 0 Å². The van der Waals surface area contributed by atoms with Crippen LogP contribution in [-0.4, -0.2) is 26.5 Å². The monoisotopic (exact) mass is 331 g/mol. The summed E-state index contributed by atoms with van der Waals surface area (Å²) in [5.41, 5.74) is 0. The maximum atomic E-state index is 12.5. The first-order valence-electron chi connectivity index (χ1n) is 7.29. The van der Waals surface area contributed by atoms with E-state index in [2.05, 4.69) is 21.9 Å². The molecule has 0 amide bonds. The molecular formula is C14H22ClN3O2S. The van der Waals surface area contributed by atoms with Crippen LogP contribution in [0.4, 0.5) is 5.82 Å². The lowest BCUT2D eigenvalue weighted by molar-refractivity contribution is 0.399. The molecule has 2 atom stereocenters. The van der Waals surface area contributed by atoms with E-state index < -0.39 is 10.0 Å². The first-order valence-corrected chi connectivity index (χ1v) is 9.16. The molecule has 0 bridgehead atoms. The number of pyridine rings is 1. The summed E-state index contributed by atoms with van der Waals surface area (Å²) in [5.74, 6) is 0.820. The Morgan fingerprint density at radius 3 is 2.67 bits per heavy atom. The van der Waals surface area contributed by atoms with Crippen LogP contribution in [-0.2, 0) is 10.0 Å². The van der Waals surface area contributed by atoms with Gasteiger partial charge in [0.25, 0.3) is 0 Å². The van der Waals surface area contributed by atoms with Crippen LogP contribution in [0.3, 0.4) is 0 Å². The predicted molar refractivity (Wildman–Crippen MR) is 85.2 cm³/mol. The molecule has 2 unspecified atom stereocenters. The van der Waals surface area contributed by atoms with Gasteiger partial charge in [-0.1, -0.05) is 37.8 Å². The Hall–Kier alpha value is -0.850. The molecule has 1 aliphatic rings. The molecular weight excluding hydrogens is 310 g/mol. The van der Waals surface area contributed by atoms with E-state index in [1.54, 1.807) is 7.05 Å². The Morgan fingerprint density at radius 2 is 2.00 bits per heavy atom. The fraction of sp³-hybridized carbons (Fsp3) is 0.643. The fourth-order valence-corrected chi connectivity index (χ4v) is 4.36. The van der Waals surface area contributed by atoms with Crippen molar-refractivity contribution in [3.05, 3.63) is 17.3 Å². The third-order valence-electron chi connectivity index (χ3n) is 4.03. The Bertz CT molecular complexity index is 592. The summed E-state index contributed by atoms with van der Waals surface area (Å²) >= 11 is 6.02. The van der Waals surface area contributed by atoms with E-state index >= 15 is 0 Å². The molecule has 1 fully saturated rings. The van der Waals surface area contributed by atoms with Crippen LogP contribution in [0.15, 0.2) is 17.2 Å². The van der Waals surface area contributed by atoms with Gasteiger partial charge in [0.2, 0.25) is 10.0 Å². The molecule has 0 spiro atoms. The molecule has 0 radical (unpaired) electrons. The second-order valence-corrected chi connectivity index (χ2v) is 7.72. The summed E-state index contributed by atoms with van der Waals surface area (Å²) < 4.78 is 27.8. The molecule has 0 aliphatic heterocycles. The van der Waals surface area contributed by atoms with Crippen molar-refractivity contribution in [3.63, 3.8) is 0 Å². The summed E-state index contributed by atoms with van der Waals surface area (Å²) in [6.45, 7) is 2.10. The van der Waals surface area contributed by atoms with Gasteiger partial charge < -0.3 is 5.32 Å². The Balaban J connectivity index is 2.19. The summed E-state index contributed by atoms with van der Waals surface area (Å²) in [4.78, 5) is 4.15. The molecule has 1 aromatic heterocycles. The van der Waals surface area contributed by atoms with E-state index in [0.29, 0.717) is 16.8 Å². The topological polar surface area (TPSA) is 71.1 Å². The Morgan fingerprint density at radius 1 is 1.29 bits per heavy atom. The first-order chi connectivity index (χ1) is 9.94. The van der Waals surface area contributed by atoms with Crippen molar-refractivity contribution in [3.8, 4) is 0 Å². The van der Waals surface area contributed by atoms with E-state index in [9.17, 15) is 8.42 Å². The summed E-state index contributed by atoms with van der Waals surface area (Å²) in [7, 11) is -1.89. The standard InChI is InChI=1S/C14H22ClN3O2S/c1-10-6-4-3-5-7-13(10)18-21(19,20)11-8-12(15)14(16-2)17-9-11/h8-10,13,18H,3-7H2,1-2H3,(H,16,17). The molecule has 21 heavy (non-hydrogen) atoms. The second kappa shape index (κ2) is 6.94. The van der Waals surface area contributed by atoms with Crippen molar-refractivity contribution in [1.82, 2.24) is 9.71 Å². The van der Waals surface area contributed by atoms with E-state index in [1.807, 2.05) is 0 Å². The van der Waals surface area contributed by atoms with Crippen LogP contribution in [0, 0.1) is 5.92 Å². The minimum Gasteiger partial charge on any atom is -0.372 e. The van der Waals surface area contributed by atoms with Gasteiger partial charge in [-0.2, -0.15) is 0 Å². The highest BCUT2D eigenvalue weighted by Gasteiger charge is 2.26.